The second kappa shape index (κ2) is 10.3. The zero-order valence-electron chi connectivity index (χ0n) is 14.2. The number of thiocarbonyl (C=S) groups is 1. The molecule has 0 saturated heterocycles. The molecule has 5 nitrogen and oxygen atoms in total. The third-order valence-corrected chi connectivity index (χ3v) is 4.24. The van der Waals surface area contributed by atoms with Crippen molar-refractivity contribution in [1.29, 1.82) is 0 Å². The van der Waals surface area contributed by atoms with Crippen molar-refractivity contribution >= 4 is 28.9 Å². The van der Waals surface area contributed by atoms with Gasteiger partial charge < -0.3 is 20.1 Å². The Morgan fingerprint density at radius 1 is 1.21 bits per heavy atom. The van der Waals surface area contributed by atoms with Crippen LogP contribution in [0.1, 0.15) is 39.0 Å². The first kappa shape index (κ1) is 18.7. The lowest BCUT2D eigenvalue weighted by Gasteiger charge is -2.21. The van der Waals surface area contributed by atoms with Crippen LogP contribution >= 0.6 is 12.2 Å². The summed E-state index contributed by atoms with van der Waals surface area (Å²) in [5, 5.41) is 6.17. The van der Waals surface area contributed by atoms with Crippen LogP contribution < -0.4 is 15.4 Å². The minimum absolute atomic E-state index is 0.0157. The van der Waals surface area contributed by atoms with Gasteiger partial charge in [-0.05, 0) is 44.1 Å². The first-order valence-corrected chi connectivity index (χ1v) is 9.03. The van der Waals surface area contributed by atoms with Gasteiger partial charge in [-0.15, -0.1) is 0 Å². The Kier molecular flexibility index (Phi) is 7.98. The zero-order valence-corrected chi connectivity index (χ0v) is 15.0. The van der Waals surface area contributed by atoms with Gasteiger partial charge in [0.2, 0.25) is 5.91 Å². The number of carbonyl (C=O) groups excluding carboxylic acids is 1. The van der Waals surface area contributed by atoms with Crippen molar-refractivity contribution < 1.29 is 14.3 Å². The average molecular weight is 350 g/mol. The van der Waals surface area contributed by atoms with Gasteiger partial charge in [-0.2, -0.15) is 0 Å². The molecule has 0 unspecified atom stereocenters. The van der Waals surface area contributed by atoms with Crippen LogP contribution in [-0.4, -0.2) is 30.8 Å². The summed E-state index contributed by atoms with van der Waals surface area (Å²) < 4.78 is 11.0. The highest BCUT2D eigenvalue weighted by atomic mass is 32.1. The Balaban J connectivity index is 1.85. The maximum absolute atomic E-state index is 12.2. The Morgan fingerprint density at radius 2 is 1.96 bits per heavy atom. The molecule has 0 heterocycles. The summed E-state index contributed by atoms with van der Waals surface area (Å²) in [6.45, 7) is 3.62. The number of rotatable bonds is 7. The van der Waals surface area contributed by atoms with Crippen LogP contribution in [0.4, 0.5) is 5.69 Å². The van der Waals surface area contributed by atoms with Gasteiger partial charge in [0.15, 0.2) is 5.11 Å². The Hall–Kier alpha value is -1.66. The van der Waals surface area contributed by atoms with E-state index in [9.17, 15) is 4.79 Å². The van der Waals surface area contributed by atoms with Crippen molar-refractivity contribution in [3.8, 4) is 5.75 Å². The molecule has 0 aliphatic heterocycles. The summed E-state index contributed by atoms with van der Waals surface area (Å²) in [7, 11) is 0. The summed E-state index contributed by atoms with van der Waals surface area (Å²) in [6, 6.07) is 7.52. The SMILES string of the molecule is CCOCCOc1ccccc1NC(=S)NC(=O)C1CCCCC1. The molecule has 0 bridgehead atoms. The first-order valence-electron chi connectivity index (χ1n) is 8.62. The molecule has 1 saturated carbocycles. The minimum Gasteiger partial charge on any atom is -0.489 e. The minimum atomic E-state index is 0.0157. The zero-order chi connectivity index (χ0) is 17.2. The molecular weight excluding hydrogens is 324 g/mol. The van der Waals surface area contributed by atoms with E-state index in [1.807, 2.05) is 31.2 Å². The molecule has 2 N–H and O–H groups in total. The van der Waals surface area contributed by atoms with Crippen LogP contribution in [0.15, 0.2) is 24.3 Å². The fourth-order valence-corrected chi connectivity index (χ4v) is 2.99. The number of ether oxygens (including phenoxy) is 2. The fraction of sp³-hybridized carbons (Fsp3) is 0.556. The lowest BCUT2D eigenvalue weighted by molar-refractivity contribution is -0.124. The van der Waals surface area contributed by atoms with Gasteiger partial charge >= 0.3 is 0 Å². The maximum atomic E-state index is 12.2. The van der Waals surface area contributed by atoms with Gasteiger partial charge in [-0.1, -0.05) is 31.4 Å². The van der Waals surface area contributed by atoms with E-state index in [0.29, 0.717) is 30.7 Å². The van der Waals surface area contributed by atoms with Crippen LogP contribution in [0.25, 0.3) is 0 Å². The van der Waals surface area contributed by atoms with Gasteiger partial charge in [0.1, 0.15) is 12.4 Å². The highest BCUT2D eigenvalue weighted by molar-refractivity contribution is 7.80. The Bertz CT molecular complexity index is 545. The summed E-state index contributed by atoms with van der Waals surface area (Å²) >= 11 is 5.27. The topological polar surface area (TPSA) is 59.6 Å². The predicted octanol–water partition coefficient (Wildman–Crippen LogP) is 3.50. The monoisotopic (exact) mass is 350 g/mol. The van der Waals surface area contributed by atoms with Crippen LogP contribution in [0, 0.1) is 5.92 Å². The van der Waals surface area contributed by atoms with Crippen LogP contribution in [0.2, 0.25) is 0 Å². The summed E-state index contributed by atoms with van der Waals surface area (Å²) in [6.07, 6.45) is 5.36. The number of carbonyl (C=O) groups is 1. The number of hydrogen-bond donors (Lipinski definition) is 2. The van der Waals surface area contributed by atoms with Crippen molar-refractivity contribution in [2.24, 2.45) is 5.92 Å². The molecule has 1 aromatic rings. The third-order valence-electron chi connectivity index (χ3n) is 4.04. The van der Waals surface area contributed by atoms with Gasteiger partial charge in [0.25, 0.3) is 0 Å². The standard InChI is InChI=1S/C18H26N2O3S/c1-2-22-12-13-23-16-11-7-6-10-15(16)19-18(24)20-17(21)14-8-4-3-5-9-14/h6-7,10-11,14H,2-5,8-9,12-13H2,1H3,(H2,19,20,21,24). The van der Waals surface area contributed by atoms with Crippen molar-refractivity contribution in [2.75, 3.05) is 25.1 Å². The Morgan fingerprint density at radius 3 is 2.71 bits per heavy atom. The van der Waals surface area contributed by atoms with E-state index in [2.05, 4.69) is 10.6 Å². The van der Waals surface area contributed by atoms with Gasteiger partial charge in [-0.25, -0.2) is 0 Å². The van der Waals surface area contributed by atoms with E-state index >= 15 is 0 Å². The lowest BCUT2D eigenvalue weighted by Crippen LogP contribution is -2.39. The van der Waals surface area contributed by atoms with Crippen molar-refractivity contribution in [1.82, 2.24) is 5.32 Å². The second-order valence-electron chi connectivity index (χ2n) is 5.82. The number of amides is 1. The maximum Gasteiger partial charge on any atom is 0.229 e. The first-order chi connectivity index (χ1) is 11.7. The summed E-state index contributed by atoms with van der Waals surface area (Å²) in [5.74, 6) is 0.782. The molecule has 24 heavy (non-hydrogen) atoms. The van der Waals surface area contributed by atoms with E-state index in [0.717, 1.165) is 31.4 Å². The molecule has 1 aliphatic rings. The van der Waals surface area contributed by atoms with Gasteiger partial charge in [0.05, 0.1) is 12.3 Å². The third kappa shape index (κ3) is 6.09. The fourth-order valence-electron chi connectivity index (χ4n) is 2.78. The van der Waals surface area contributed by atoms with Crippen LogP contribution in [0.3, 0.4) is 0 Å². The van der Waals surface area contributed by atoms with E-state index in [-0.39, 0.29) is 11.8 Å². The predicted molar refractivity (Wildman–Crippen MR) is 99.4 cm³/mol. The number of benzene rings is 1. The molecule has 0 spiro atoms. The van der Waals surface area contributed by atoms with E-state index in [1.165, 1.54) is 6.42 Å². The summed E-state index contributed by atoms with van der Waals surface area (Å²) in [4.78, 5) is 12.2. The Labute approximate surface area is 149 Å². The smallest absolute Gasteiger partial charge is 0.229 e. The summed E-state index contributed by atoms with van der Waals surface area (Å²) in [5.41, 5.74) is 0.739. The molecule has 0 aromatic heterocycles. The number of hydrogen-bond acceptors (Lipinski definition) is 4. The normalized spacial score (nSPS) is 14.9. The van der Waals surface area contributed by atoms with Crippen molar-refractivity contribution in [2.45, 2.75) is 39.0 Å². The molecule has 1 fully saturated rings. The number of nitrogens with one attached hydrogen (secondary N) is 2. The second-order valence-corrected chi connectivity index (χ2v) is 6.23. The molecule has 6 heteroatoms. The molecular formula is C18H26N2O3S. The molecule has 132 valence electrons. The van der Waals surface area contributed by atoms with E-state index in [1.54, 1.807) is 0 Å². The quantitative estimate of drug-likeness (QED) is 0.582. The van der Waals surface area contributed by atoms with Gasteiger partial charge in [-0.3, -0.25) is 4.79 Å². The molecule has 0 atom stereocenters. The average Bonchev–Trinajstić information content (AvgIpc) is 2.60. The number of anilines is 1. The molecule has 1 aromatic carbocycles. The molecule has 2 rings (SSSR count). The number of para-hydroxylation sites is 2. The molecule has 1 aliphatic carbocycles. The highest BCUT2D eigenvalue weighted by Gasteiger charge is 2.21. The molecule has 1 amide bonds. The van der Waals surface area contributed by atoms with Crippen LogP contribution in [-0.2, 0) is 9.53 Å². The van der Waals surface area contributed by atoms with E-state index < -0.39 is 0 Å². The highest BCUT2D eigenvalue weighted by Crippen LogP contribution is 2.25. The van der Waals surface area contributed by atoms with E-state index in [4.69, 9.17) is 21.7 Å². The lowest BCUT2D eigenvalue weighted by atomic mass is 9.89. The van der Waals surface area contributed by atoms with Crippen molar-refractivity contribution in [3.63, 3.8) is 0 Å². The van der Waals surface area contributed by atoms with Crippen LogP contribution in [0.5, 0.6) is 5.75 Å². The van der Waals surface area contributed by atoms with Gasteiger partial charge in [0, 0.05) is 12.5 Å². The largest absolute Gasteiger partial charge is 0.489 e. The van der Waals surface area contributed by atoms with Crippen molar-refractivity contribution in [3.05, 3.63) is 24.3 Å². The molecule has 0 radical (unpaired) electrons.